The van der Waals surface area contributed by atoms with Crippen molar-refractivity contribution in [1.82, 2.24) is 0 Å². The van der Waals surface area contributed by atoms with E-state index in [1.54, 1.807) is 0 Å². The van der Waals surface area contributed by atoms with Crippen molar-refractivity contribution in [3.05, 3.63) is 56.9 Å². The summed E-state index contributed by atoms with van der Waals surface area (Å²) < 4.78 is 72.2. The third kappa shape index (κ3) is 5.20. The van der Waals surface area contributed by atoms with Gasteiger partial charge in [-0.1, -0.05) is 0 Å². The minimum atomic E-state index is -5.13. The van der Waals surface area contributed by atoms with Crippen molar-refractivity contribution in [1.29, 1.82) is 0 Å². The SMILES string of the molecule is C[N+]([O-])(CCNc1ccc(NCC[N+](C)([O-])C(F)(F)F)c2c1C(=O)c1c(O)ccc(O)c1C2=O)C(F)(F)F. The van der Waals surface area contributed by atoms with Crippen LogP contribution in [-0.4, -0.2) is 83.9 Å². The van der Waals surface area contributed by atoms with Crippen LogP contribution in [0.1, 0.15) is 31.8 Å². The highest BCUT2D eigenvalue weighted by molar-refractivity contribution is 6.33. The van der Waals surface area contributed by atoms with Crippen LogP contribution < -0.4 is 10.6 Å². The molecule has 2 aromatic rings. The Morgan fingerprint density at radius 1 is 0.684 bits per heavy atom. The van der Waals surface area contributed by atoms with E-state index in [0.717, 1.165) is 24.3 Å². The minimum absolute atomic E-state index is 0.209. The Balaban J connectivity index is 2.02. The first kappa shape index (κ1) is 29.0. The maximum Gasteiger partial charge on any atom is 0.560 e. The van der Waals surface area contributed by atoms with Crippen LogP contribution >= 0.6 is 0 Å². The second-order valence-corrected chi connectivity index (χ2v) is 8.86. The number of phenols is 2. The quantitative estimate of drug-likeness (QED) is 0.109. The molecule has 16 heteroatoms. The molecule has 2 atom stereocenters. The lowest BCUT2D eigenvalue weighted by molar-refractivity contribution is -0.971. The fourth-order valence-electron chi connectivity index (χ4n) is 3.72. The average Bonchev–Trinajstić information content (AvgIpc) is 2.77. The van der Waals surface area contributed by atoms with Crippen LogP contribution in [-0.2, 0) is 0 Å². The number of anilines is 2. The summed E-state index contributed by atoms with van der Waals surface area (Å²) in [5.74, 6) is -3.42. The van der Waals surface area contributed by atoms with Gasteiger partial charge in [0, 0.05) is 11.4 Å². The van der Waals surface area contributed by atoms with Gasteiger partial charge in [-0.2, -0.15) is 0 Å². The minimum Gasteiger partial charge on any atom is -0.626 e. The number of quaternary nitrogens is 2. The van der Waals surface area contributed by atoms with E-state index in [1.165, 1.54) is 0 Å². The fraction of sp³-hybridized carbons (Fsp3) is 0.364. The average molecular weight is 552 g/mol. The predicted octanol–water partition coefficient (Wildman–Crippen LogP) is 3.63. The van der Waals surface area contributed by atoms with Crippen molar-refractivity contribution in [3.8, 4) is 11.5 Å². The first-order valence-corrected chi connectivity index (χ1v) is 10.9. The number of nitrogens with zero attached hydrogens (tertiary/aromatic N) is 2. The van der Waals surface area contributed by atoms with E-state index in [-0.39, 0.29) is 11.4 Å². The number of phenolic OH excluding ortho intramolecular Hbond substituents is 2. The molecule has 0 aromatic heterocycles. The number of carbonyl (C=O) groups excluding carboxylic acids is 2. The molecule has 1 aliphatic carbocycles. The second kappa shape index (κ2) is 9.61. The fourth-order valence-corrected chi connectivity index (χ4v) is 3.72. The number of alkyl halides is 6. The highest BCUT2D eigenvalue weighted by Crippen LogP contribution is 2.42. The van der Waals surface area contributed by atoms with Crippen molar-refractivity contribution in [2.24, 2.45) is 0 Å². The van der Waals surface area contributed by atoms with Crippen molar-refractivity contribution >= 4 is 22.9 Å². The van der Waals surface area contributed by atoms with E-state index < -0.39 is 93.4 Å². The normalized spacial score (nSPS) is 16.8. The van der Waals surface area contributed by atoms with Crippen LogP contribution in [0.2, 0.25) is 0 Å². The lowest BCUT2D eigenvalue weighted by Gasteiger charge is -2.39. The Morgan fingerprint density at radius 2 is 1.00 bits per heavy atom. The first-order valence-electron chi connectivity index (χ1n) is 10.9. The van der Waals surface area contributed by atoms with Crippen LogP contribution in [0.15, 0.2) is 24.3 Å². The van der Waals surface area contributed by atoms with Crippen LogP contribution in [0, 0.1) is 10.4 Å². The molecule has 0 saturated heterocycles. The van der Waals surface area contributed by atoms with E-state index in [0.29, 0.717) is 14.1 Å². The molecule has 3 rings (SSSR count). The number of likely N-dealkylation sites (N-methyl/N-ethyl adjacent to an activating group) is 2. The summed E-state index contributed by atoms with van der Waals surface area (Å²) in [6, 6.07) is 4.14. The van der Waals surface area contributed by atoms with Gasteiger partial charge in [-0.05, 0) is 24.3 Å². The Labute approximate surface area is 211 Å². The number of rotatable bonds is 8. The molecule has 38 heavy (non-hydrogen) atoms. The number of carbonyl (C=O) groups is 2. The summed E-state index contributed by atoms with van der Waals surface area (Å²) in [6.07, 6.45) is -10.3. The largest absolute Gasteiger partial charge is 0.626 e. The maximum absolute atomic E-state index is 13.3. The third-order valence-corrected chi connectivity index (χ3v) is 6.06. The Hall–Kier alpha value is -3.60. The number of hydrogen-bond donors (Lipinski definition) is 4. The van der Waals surface area contributed by atoms with Gasteiger partial charge in [0.1, 0.15) is 24.6 Å². The molecule has 0 amide bonds. The number of aromatic hydroxyl groups is 2. The topological polar surface area (TPSA) is 145 Å². The number of nitrogens with one attached hydrogen (secondary N) is 2. The molecule has 0 radical (unpaired) electrons. The molecule has 0 spiro atoms. The van der Waals surface area contributed by atoms with Gasteiger partial charge in [0.15, 0.2) is 0 Å². The molecule has 0 aliphatic heterocycles. The van der Waals surface area contributed by atoms with Gasteiger partial charge in [-0.3, -0.25) is 18.9 Å². The van der Waals surface area contributed by atoms with Crippen molar-refractivity contribution in [2.45, 2.75) is 12.6 Å². The summed E-state index contributed by atoms with van der Waals surface area (Å²) >= 11 is 0. The molecule has 208 valence electrons. The number of halogens is 6. The molecule has 2 aromatic carbocycles. The summed E-state index contributed by atoms with van der Waals surface area (Å²) in [7, 11) is 0.748. The number of fused-ring (bicyclic) bond motifs is 2. The zero-order valence-corrected chi connectivity index (χ0v) is 19.8. The van der Waals surface area contributed by atoms with Gasteiger partial charge < -0.3 is 31.3 Å². The lowest BCUT2D eigenvalue weighted by Crippen LogP contribution is -2.52. The van der Waals surface area contributed by atoms with Gasteiger partial charge >= 0.3 is 12.6 Å². The van der Waals surface area contributed by atoms with Gasteiger partial charge in [-0.25, -0.2) is 0 Å². The van der Waals surface area contributed by atoms with Gasteiger partial charge in [-0.15, -0.1) is 26.3 Å². The molecule has 2 unspecified atom stereocenters. The molecule has 10 nitrogen and oxygen atoms in total. The zero-order valence-electron chi connectivity index (χ0n) is 19.8. The van der Waals surface area contributed by atoms with Gasteiger partial charge in [0.05, 0.1) is 49.4 Å². The van der Waals surface area contributed by atoms with E-state index in [9.17, 15) is 56.6 Å². The molecule has 0 fully saturated rings. The van der Waals surface area contributed by atoms with E-state index >= 15 is 0 Å². The summed E-state index contributed by atoms with van der Waals surface area (Å²) in [5, 5.41) is 48.9. The van der Waals surface area contributed by atoms with Crippen LogP contribution in [0.4, 0.5) is 37.7 Å². The molecule has 4 N–H and O–H groups in total. The molecule has 0 heterocycles. The zero-order chi connectivity index (χ0) is 28.8. The smallest absolute Gasteiger partial charge is 0.560 e. The highest BCUT2D eigenvalue weighted by atomic mass is 19.4. The van der Waals surface area contributed by atoms with Gasteiger partial charge in [0.25, 0.3) is 0 Å². The molecule has 1 aliphatic rings. The number of hydrogen-bond acceptors (Lipinski definition) is 8. The van der Waals surface area contributed by atoms with Crippen molar-refractivity contribution in [2.75, 3.05) is 50.9 Å². The van der Waals surface area contributed by atoms with Crippen molar-refractivity contribution < 1.29 is 55.4 Å². The highest BCUT2D eigenvalue weighted by Gasteiger charge is 2.46. The van der Waals surface area contributed by atoms with Crippen molar-refractivity contribution in [3.63, 3.8) is 0 Å². The Morgan fingerprint density at radius 3 is 1.29 bits per heavy atom. The number of benzene rings is 2. The van der Waals surface area contributed by atoms with E-state index in [1.807, 2.05) is 0 Å². The van der Waals surface area contributed by atoms with Crippen LogP contribution in [0.3, 0.4) is 0 Å². The number of ketones is 2. The second-order valence-electron chi connectivity index (χ2n) is 8.86. The molecular weight excluding hydrogens is 530 g/mol. The lowest BCUT2D eigenvalue weighted by atomic mass is 9.81. The van der Waals surface area contributed by atoms with Crippen LogP contribution in [0.25, 0.3) is 0 Å². The summed E-state index contributed by atoms with van der Waals surface area (Å²) in [6.45, 7) is -3.28. The third-order valence-electron chi connectivity index (χ3n) is 6.06. The molecule has 0 bridgehead atoms. The monoisotopic (exact) mass is 552 g/mol. The molecule has 0 saturated carbocycles. The van der Waals surface area contributed by atoms with E-state index in [4.69, 9.17) is 0 Å². The molecular formula is C22H22F6N4O6. The first-order chi connectivity index (χ1) is 17.3. The van der Waals surface area contributed by atoms with E-state index in [2.05, 4.69) is 10.6 Å². The predicted molar refractivity (Wildman–Crippen MR) is 121 cm³/mol. The summed E-state index contributed by atoms with van der Waals surface area (Å²) in [5.41, 5.74) is -2.53. The van der Waals surface area contributed by atoms with Crippen LogP contribution in [0.5, 0.6) is 11.5 Å². The Kier molecular flexibility index (Phi) is 7.33. The Bertz CT molecular complexity index is 1180. The number of hydroxylamine groups is 6. The maximum atomic E-state index is 13.3. The standard InChI is InChI=1S/C22H22F6N4O6/c1-31(37,21(23,24)25)9-7-29-11-3-4-12(30-8-10-32(2,38)22(26,27)28)16-15(11)19(35)17-13(33)5-6-14(34)18(17)20(16)36/h3-6,29-30,33-34H,7-10H2,1-2H3. The summed E-state index contributed by atoms with van der Waals surface area (Å²) in [4.78, 5) is 26.7. The van der Waals surface area contributed by atoms with Gasteiger partial charge in [0.2, 0.25) is 11.6 Å².